The number of anilines is 1. The number of aldehydes is 1. The number of carbonyl (C=O) groups is 1. The fourth-order valence-electron chi connectivity index (χ4n) is 0.981. The zero-order chi connectivity index (χ0) is 10.6. The monoisotopic (exact) mass is 191 g/mol. The minimum Gasteiger partial charge on any atom is -0.398 e. The summed E-state index contributed by atoms with van der Waals surface area (Å²) < 4.78 is 13.2. The number of hydrogen-bond acceptors (Lipinski definition) is 2. The van der Waals surface area contributed by atoms with Gasteiger partial charge in [-0.1, -0.05) is 11.8 Å². The van der Waals surface area contributed by atoms with Crippen molar-refractivity contribution in [3.8, 4) is 11.8 Å². The second kappa shape index (κ2) is 4.43. The summed E-state index contributed by atoms with van der Waals surface area (Å²) in [4.78, 5) is 9.98. The van der Waals surface area contributed by atoms with Gasteiger partial charge in [-0.25, -0.2) is 4.39 Å². The van der Waals surface area contributed by atoms with Gasteiger partial charge in [0.2, 0.25) is 0 Å². The molecule has 0 spiro atoms. The lowest BCUT2D eigenvalue weighted by Gasteiger charge is -2.01. The van der Waals surface area contributed by atoms with Crippen LogP contribution in [0.5, 0.6) is 0 Å². The minimum atomic E-state index is -0.452. The third kappa shape index (κ3) is 2.33. The highest BCUT2D eigenvalue weighted by molar-refractivity contribution is 5.56. The van der Waals surface area contributed by atoms with E-state index in [4.69, 9.17) is 5.73 Å². The fraction of sp³-hybridized carbons (Fsp3) is 0.182. The zero-order valence-electron chi connectivity index (χ0n) is 7.80. The minimum absolute atomic E-state index is 0.114. The van der Waals surface area contributed by atoms with Crippen LogP contribution in [-0.2, 0) is 4.79 Å². The van der Waals surface area contributed by atoms with Gasteiger partial charge in [0.05, 0.1) is 12.0 Å². The van der Waals surface area contributed by atoms with Crippen molar-refractivity contribution in [2.24, 2.45) is 0 Å². The molecule has 0 unspecified atom stereocenters. The highest BCUT2D eigenvalue weighted by atomic mass is 19.1. The first-order valence-corrected chi connectivity index (χ1v) is 4.13. The molecule has 0 aliphatic rings. The lowest BCUT2D eigenvalue weighted by molar-refractivity contribution is -0.107. The maximum Gasteiger partial charge on any atom is 0.140 e. The summed E-state index contributed by atoms with van der Waals surface area (Å²) in [5.41, 5.74) is 6.96. The zero-order valence-corrected chi connectivity index (χ0v) is 7.80. The van der Waals surface area contributed by atoms with Crippen molar-refractivity contribution in [3.63, 3.8) is 0 Å². The molecular weight excluding hydrogens is 181 g/mol. The van der Waals surface area contributed by atoms with Gasteiger partial charge < -0.3 is 10.5 Å². The summed E-state index contributed by atoms with van der Waals surface area (Å²) in [6.45, 7) is 1.78. The first kappa shape index (κ1) is 10.3. The largest absolute Gasteiger partial charge is 0.398 e. The number of nitrogens with two attached hydrogens (primary N) is 1. The summed E-state index contributed by atoms with van der Waals surface area (Å²) in [5.74, 6) is 4.66. The van der Waals surface area contributed by atoms with Crippen molar-refractivity contribution >= 4 is 12.0 Å². The molecule has 3 heteroatoms. The molecule has 0 fully saturated rings. The molecule has 0 heterocycles. The average molecular weight is 191 g/mol. The van der Waals surface area contributed by atoms with Crippen molar-refractivity contribution in [2.75, 3.05) is 5.73 Å². The van der Waals surface area contributed by atoms with E-state index in [1.165, 1.54) is 6.07 Å². The normalized spacial score (nSPS) is 9.00. The molecular formula is C11H10FNO. The van der Waals surface area contributed by atoms with Crippen LogP contribution in [0.15, 0.2) is 12.1 Å². The molecule has 1 rings (SSSR count). The Hall–Kier alpha value is -1.82. The number of halogens is 1. The van der Waals surface area contributed by atoms with Crippen molar-refractivity contribution < 1.29 is 9.18 Å². The molecule has 14 heavy (non-hydrogen) atoms. The van der Waals surface area contributed by atoms with E-state index in [-0.39, 0.29) is 12.0 Å². The highest BCUT2D eigenvalue weighted by Gasteiger charge is 2.02. The number of benzene rings is 1. The van der Waals surface area contributed by atoms with Gasteiger partial charge in [0.1, 0.15) is 12.1 Å². The Morgan fingerprint density at radius 1 is 1.57 bits per heavy atom. The summed E-state index contributed by atoms with van der Waals surface area (Å²) in [6.07, 6.45) is 0.790. The van der Waals surface area contributed by atoms with E-state index < -0.39 is 5.82 Å². The van der Waals surface area contributed by atoms with Gasteiger partial charge in [-0.2, -0.15) is 0 Å². The second-order valence-corrected chi connectivity index (χ2v) is 2.86. The van der Waals surface area contributed by atoms with Crippen LogP contribution >= 0.6 is 0 Å². The predicted octanol–water partition coefficient (Wildman–Crippen LogP) is 1.66. The second-order valence-electron chi connectivity index (χ2n) is 2.86. The smallest absolute Gasteiger partial charge is 0.140 e. The number of nitrogen functional groups attached to an aromatic ring is 1. The third-order valence-electron chi connectivity index (χ3n) is 1.76. The molecule has 2 N–H and O–H groups in total. The van der Waals surface area contributed by atoms with Crippen molar-refractivity contribution in [1.29, 1.82) is 0 Å². The average Bonchev–Trinajstić information content (AvgIpc) is 2.14. The Morgan fingerprint density at radius 3 is 2.93 bits per heavy atom. The van der Waals surface area contributed by atoms with Crippen LogP contribution in [0.4, 0.5) is 10.1 Å². The third-order valence-corrected chi connectivity index (χ3v) is 1.76. The molecule has 0 aliphatic carbocycles. The fourth-order valence-corrected chi connectivity index (χ4v) is 0.981. The Labute approximate surface area is 81.9 Å². The van der Waals surface area contributed by atoms with Crippen LogP contribution in [0, 0.1) is 24.6 Å². The van der Waals surface area contributed by atoms with Gasteiger partial charge in [0.15, 0.2) is 0 Å². The lowest BCUT2D eigenvalue weighted by atomic mass is 10.1. The molecule has 2 nitrogen and oxygen atoms in total. The maximum absolute atomic E-state index is 13.2. The Morgan fingerprint density at radius 2 is 2.29 bits per heavy atom. The van der Waals surface area contributed by atoms with Crippen molar-refractivity contribution in [3.05, 3.63) is 29.1 Å². The van der Waals surface area contributed by atoms with E-state index in [2.05, 4.69) is 11.8 Å². The van der Waals surface area contributed by atoms with E-state index in [0.29, 0.717) is 12.0 Å². The number of aryl methyl sites for hydroxylation is 1. The van der Waals surface area contributed by atoms with E-state index in [0.717, 1.165) is 5.56 Å². The summed E-state index contributed by atoms with van der Waals surface area (Å²) in [6, 6.07) is 2.81. The summed E-state index contributed by atoms with van der Waals surface area (Å²) >= 11 is 0. The molecule has 0 saturated heterocycles. The standard InChI is InChI=1S/C11H10FNO/c1-8-6-9(4-2-3-5-14)10(12)7-11(8)13/h5-7H,3,13H2,1H3. The van der Waals surface area contributed by atoms with E-state index in [1.54, 1.807) is 13.0 Å². The van der Waals surface area contributed by atoms with E-state index >= 15 is 0 Å². The van der Waals surface area contributed by atoms with Gasteiger partial charge in [-0.05, 0) is 24.6 Å². The highest BCUT2D eigenvalue weighted by Crippen LogP contribution is 2.16. The van der Waals surface area contributed by atoms with Crippen molar-refractivity contribution in [2.45, 2.75) is 13.3 Å². The molecule has 1 aromatic carbocycles. The molecule has 0 radical (unpaired) electrons. The van der Waals surface area contributed by atoms with Gasteiger partial charge in [-0.3, -0.25) is 0 Å². The molecule has 0 bridgehead atoms. The summed E-state index contributed by atoms with van der Waals surface area (Å²) in [5, 5.41) is 0. The van der Waals surface area contributed by atoms with Crippen LogP contribution in [-0.4, -0.2) is 6.29 Å². The van der Waals surface area contributed by atoms with Crippen LogP contribution in [0.3, 0.4) is 0 Å². The van der Waals surface area contributed by atoms with Gasteiger partial charge in [0.25, 0.3) is 0 Å². The van der Waals surface area contributed by atoms with Gasteiger partial charge in [-0.15, -0.1) is 0 Å². The van der Waals surface area contributed by atoms with Crippen LogP contribution in [0.1, 0.15) is 17.5 Å². The number of hydrogen-bond donors (Lipinski definition) is 1. The molecule has 0 aliphatic heterocycles. The van der Waals surface area contributed by atoms with Crippen LogP contribution in [0.2, 0.25) is 0 Å². The van der Waals surface area contributed by atoms with Gasteiger partial charge >= 0.3 is 0 Å². The Kier molecular flexibility index (Phi) is 3.24. The SMILES string of the molecule is Cc1cc(C#CCC=O)c(F)cc1N. The van der Waals surface area contributed by atoms with Crippen LogP contribution in [0.25, 0.3) is 0 Å². The molecule has 72 valence electrons. The van der Waals surface area contributed by atoms with Gasteiger partial charge in [0, 0.05) is 5.69 Å². The van der Waals surface area contributed by atoms with Crippen LogP contribution < -0.4 is 5.73 Å². The predicted molar refractivity (Wildman–Crippen MR) is 53.1 cm³/mol. The topological polar surface area (TPSA) is 43.1 Å². The quantitative estimate of drug-likeness (QED) is 0.416. The number of carbonyl (C=O) groups excluding carboxylic acids is 1. The molecule has 0 atom stereocenters. The molecule has 0 amide bonds. The molecule has 1 aromatic rings. The van der Waals surface area contributed by atoms with E-state index in [1.807, 2.05) is 0 Å². The summed E-state index contributed by atoms with van der Waals surface area (Å²) in [7, 11) is 0. The lowest BCUT2D eigenvalue weighted by Crippen LogP contribution is -1.93. The Bertz CT molecular complexity index is 415. The Balaban J connectivity index is 3.05. The first-order valence-electron chi connectivity index (χ1n) is 4.13. The van der Waals surface area contributed by atoms with E-state index in [9.17, 15) is 9.18 Å². The first-order chi connectivity index (χ1) is 6.65. The maximum atomic E-state index is 13.2. The number of rotatable bonds is 1. The van der Waals surface area contributed by atoms with Crippen molar-refractivity contribution in [1.82, 2.24) is 0 Å². The molecule has 0 saturated carbocycles. The molecule has 0 aromatic heterocycles.